The predicted molar refractivity (Wildman–Crippen MR) is 62.0 cm³/mol. The highest BCUT2D eigenvalue weighted by molar-refractivity contribution is 9.09. The molecule has 0 bridgehead atoms. The van der Waals surface area contributed by atoms with Crippen molar-refractivity contribution in [2.45, 2.75) is 6.92 Å². The summed E-state index contributed by atoms with van der Waals surface area (Å²) in [6.45, 7) is 1.82. The number of Topliss-reactive ketones (excluding diaryl/α,β-unsaturated/α-hetero) is 1. The van der Waals surface area contributed by atoms with E-state index in [1.165, 1.54) is 6.20 Å². The summed E-state index contributed by atoms with van der Waals surface area (Å²) < 4.78 is 1.55. The van der Waals surface area contributed by atoms with Crippen molar-refractivity contribution < 1.29 is 4.79 Å². The number of alkyl halides is 1. The van der Waals surface area contributed by atoms with Crippen LogP contribution in [0.4, 0.5) is 0 Å². The molecule has 0 N–H and O–H groups in total. The first-order valence-electron chi connectivity index (χ1n) is 4.65. The molecule has 0 saturated heterocycles. The van der Waals surface area contributed by atoms with Crippen molar-refractivity contribution in [2.24, 2.45) is 0 Å². The number of nitrogens with zero attached hydrogens (tertiary/aromatic N) is 4. The molecule has 2 aromatic heterocycles. The van der Waals surface area contributed by atoms with Crippen molar-refractivity contribution in [1.29, 1.82) is 0 Å². The second kappa shape index (κ2) is 4.52. The molecule has 0 spiro atoms. The topological polar surface area (TPSA) is 60.7 Å². The predicted octanol–water partition coefficient (Wildman–Crippen LogP) is 1.55. The van der Waals surface area contributed by atoms with E-state index in [9.17, 15) is 4.79 Å². The number of ketones is 1. The lowest BCUT2D eigenvalue weighted by Crippen LogP contribution is -2.06. The van der Waals surface area contributed by atoms with Crippen molar-refractivity contribution in [3.05, 3.63) is 35.9 Å². The molecular weight excluding hydrogens is 272 g/mol. The average Bonchev–Trinajstić information content (AvgIpc) is 2.71. The molecule has 16 heavy (non-hydrogen) atoms. The lowest BCUT2D eigenvalue weighted by Gasteiger charge is -2.01. The Morgan fingerprint density at radius 2 is 2.12 bits per heavy atom. The van der Waals surface area contributed by atoms with Crippen LogP contribution in [-0.4, -0.2) is 30.9 Å². The standard InChI is InChI=1S/C10H9BrN4O/c1-7-8(9(16)5-11)6-14-15(7)10-12-3-2-4-13-10/h2-4,6H,5H2,1H3. The van der Waals surface area contributed by atoms with Gasteiger partial charge in [0.15, 0.2) is 5.78 Å². The summed E-state index contributed by atoms with van der Waals surface area (Å²) in [6.07, 6.45) is 4.81. The van der Waals surface area contributed by atoms with Crippen molar-refractivity contribution in [1.82, 2.24) is 19.7 Å². The third kappa shape index (κ3) is 1.88. The number of carbonyl (C=O) groups excluding carboxylic acids is 1. The van der Waals surface area contributed by atoms with Gasteiger partial charge in [-0.25, -0.2) is 14.6 Å². The van der Waals surface area contributed by atoms with Crippen LogP contribution < -0.4 is 0 Å². The zero-order valence-electron chi connectivity index (χ0n) is 8.59. The maximum atomic E-state index is 11.5. The van der Waals surface area contributed by atoms with Crippen LogP contribution in [0.5, 0.6) is 0 Å². The Bertz CT molecular complexity index is 509. The fraction of sp³-hybridized carbons (Fsp3) is 0.200. The number of carbonyl (C=O) groups is 1. The fourth-order valence-corrected chi connectivity index (χ4v) is 1.66. The summed E-state index contributed by atoms with van der Waals surface area (Å²) in [5.41, 5.74) is 1.33. The van der Waals surface area contributed by atoms with Gasteiger partial charge in [-0.05, 0) is 13.0 Å². The first-order valence-corrected chi connectivity index (χ1v) is 5.77. The Balaban J connectivity index is 2.45. The Morgan fingerprint density at radius 1 is 1.44 bits per heavy atom. The van der Waals surface area contributed by atoms with Gasteiger partial charge in [0.2, 0.25) is 0 Å². The van der Waals surface area contributed by atoms with Crippen LogP contribution in [-0.2, 0) is 0 Å². The lowest BCUT2D eigenvalue weighted by molar-refractivity contribution is 0.102. The quantitative estimate of drug-likeness (QED) is 0.632. The van der Waals surface area contributed by atoms with E-state index >= 15 is 0 Å². The first kappa shape index (κ1) is 10.9. The monoisotopic (exact) mass is 280 g/mol. The van der Waals surface area contributed by atoms with Crippen LogP contribution in [0.1, 0.15) is 16.1 Å². The summed E-state index contributed by atoms with van der Waals surface area (Å²) in [4.78, 5) is 19.7. The summed E-state index contributed by atoms with van der Waals surface area (Å²) in [7, 11) is 0. The van der Waals surface area contributed by atoms with Gasteiger partial charge in [0.1, 0.15) is 0 Å². The van der Waals surface area contributed by atoms with Crippen molar-refractivity contribution in [3.8, 4) is 5.95 Å². The zero-order chi connectivity index (χ0) is 11.5. The van der Waals surface area contributed by atoms with Crippen LogP contribution in [0.2, 0.25) is 0 Å². The molecule has 0 aliphatic carbocycles. The number of halogens is 1. The largest absolute Gasteiger partial charge is 0.293 e. The Labute approximate surface area is 101 Å². The Hall–Kier alpha value is -1.56. The Morgan fingerprint density at radius 3 is 2.75 bits per heavy atom. The molecule has 0 aliphatic rings. The van der Waals surface area contributed by atoms with Crippen molar-refractivity contribution in [3.63, 3.8) is 0 Å². The van der Waals surface area contributed by atoms with E-state index in [0.717, 1.165) is 5.69 Å². The SMILES string of the molecule is Cc1c(C(=O)CBr)cnn1-c1ncccn1. The van der Waals surface area contributed by atoms with Gasteiger partial charge in [0.25, 0.3) is 5.95 Å². The summed E-state index contributed by atoms with van der Waals surface area (Å²) in [6, 6.07) is 1.73. The number of aromatic nitrogens is 4. The van der Waals surface area contributed by atoms with Gasteiger partial charge in [0, 0.05) is 12.4 Å². The summed E-state index contributed by atoms with van der Waals surface area (Å²) in [5.74, 6) is 0.466. The van der Waals surface area contributed by atoms with Crippen LogP contribution >= 0.6 is 15.9 Å². The van der Waals surface area contributed by atoms with Crippen LogP contribution in [0.15, 0.2) is 24.7 Å². The fourth-order valence-electron chi connectivity index (χ4n) is 1.36. The molecule has 5 nitrogen and oxygen atoms in total. The minimum absolute atomic E-state index is 0.000295. The molecule has 2 rings (SSSR count). The number of hydrogen-bond acceptors (Lipinski definition) is 4. The van der Waals surface area contributed by atoms with Crippen LogP contribution in [0.3, 0.4) is 0 Å². The molecule has 82 valence electrons. The molecule has 2 heterocycles. The molecule has 0 saturated carbocycles. The highest BCUT2D eigenvalue weighted by atomic mass is 79.9. The zero-order valence-corrected chi connectivity index (χ0v) is 10.2. The van der Waals surface area contributed by atoms with E-state index in [1.54, 1.807) is 23.1 Å². The van der Waals surface area contributed by atoms with Crippen LogP contribution in [0, 0.1) is 6.92 Å². The maximum absolute atomic E-state index is 11.5. The highest BCUT2D eigenvalue weighted by Crippen LogP contribution is 2.12. The van der Waals surface area contributed by atoms with E-state index < -0.39 is 0 Å². The molecule has 0 aromatic carbocycles. The molecule has 0 atom stereocenters. The van der Waals surface area contributed by atoms with Crippen molar-refractivity contribution in [2.75, 3.05) is 5.33 Å². The smallest absolute Gasteiger partial charge is 0.250 e. The maximum Gasteiger partial charge on any atom is 0.250 e. The van der Waals surface area contributed by atoms with Crippen molar-refractivity contribution >= 4 is 21.7 Å². The molecule has 0 fully saturated rings. The number of rotatable bonds is 3. The minimum Gasteiger partial charge on any atom is -0.293 e. The third-order valence-electron chi connectivity index (χ3n) is 2.17. The molecule has 2 aromatic rings. The molecule has 0 radical (unpaired) electrons. The van der Waals surface area contributed by atoms with Gasteiger partial charge in [-0.2, -0.15) is 5.10 Å². The molecule has 0 aliphatic heterocycles. The van der Waals surface area contributed by atoms with E-state index in [-0.39, 0.29) is 11.1 Å². The van der Waals surface area contributed by atoms with Crippen LogP contribution in [0.25, 0.3) is 5.95 Å². The van der Waals surface area contributed by atoms with E-state index in [0.29, 0.717) is 11.5 Å². The molecule has 6 heteroatoms. The minimum atomic E-state index is -0.000295. The second-order valence-corrected chi connectivity index (χ2v) is 3.72. The van der Waals surface area contributed by atoms with Gasteiger partial charge in [0.05, 0.1) is 22.8 Å². The lowest BCUT2D eigenvalue weighted by atomic mass is 10.2. The molecular formula is C10H9BrN4O. The van der Waals surface area contributed by atoms with Gasteiger partial charge < -0.3 is 0 Å². The van der Waals surface area contributed by atoms with E-state index in [1.807, 2.05) is 6.92 Å². The van der Waals surface area contributed by atoms with Gasteiger partial charge in [-0.15, -0.1) is 0 Å². The highest BCUT2D eigenvalue weighted by Gasteiger charge is 2.14. The van der Waals surface area contributed by atoms with Gasteiger partial charge in [-0.1, -0.05) is 15.9 Å². The molecule has 0 unspecified atom stereocenters. The normalized spacial score (nSPS) is 10.4. The van der Waals surface area contributed by atoms with Gasteiger partial charge >= 0.3 is 0 Å². The summed E-state index contributed by atoms with van der Waals surface area (Å²) in [5, 5.41) is 4.39. The third-order valence-corrected chi connectivity index (χ3v) is 2.68. The average molecular weight is 281 g/mol. The van der Waals surface area contributed by atoms with E-state index in [2.05, 4.69) is 31.0 Å². The Kier molecular flexibility index (Phi) is 3.09. The summed E-state index contributed by atoms with van der Waals surface area (Å²) >= 11 is 3.13. The second-order valence-electron chi connectivity index (χ2n) is 3.16. The molecule has 0 amide bonds. The van der Waals surface area contributed by atoms with E-state index in [4.69, 9.17) is 0 Å². The first-order chi connectivity index (χ1) is 7.74. The number of hydrogen-bond donors (Lipinski definition) is 0. The van der Waals surface area contributed by atoms with Gasteiger partial charge in [-0.3, -0.25) is 4.79 Å².